The highest BCUT2D eigenvalue weighted by molar-refractivity contribution is 5.94. The van der Waals surface area contributed by atoms with Crippen molar-refractivity contribution in [2.45, 2.75) is 44.2 Å². The molecule has 6 heteroatoms. The van der Waals surface area contributed by atoms with Crippen LogP contribution < -0.4 is 4.90 Å². The molecule has 6 nitrogen and oxygen atoms in total. The number of anilines is 1. The fourth-order valence-corrected chi connectivity index (χ4v) is 3.81. The van der Waals surface area contributed by atoms with E-state index in [4.69, 9.17) is 9.47 Å². The summed E-state index contributed by atoms with van der Waals surface area (Å²) in [5.74, 6) is 0.986. The van der Waals surface area contributed by atoms with Crippen LogP contribution in [0.2, 0.25) is 0 Å². The van der Waals surface area contributed by atoms with E-state index in [2.05, 4.69) is 9.88 Å². The highest BCUT2D eigenvalue weighted by Gasteiger charge is 2.35. The third-order valence-corrected chi connectivity index (χ3v) is 5.25. The zero-order chi connectivity index (χ0) is 17.6. The molecule has 2 aliphatic rings. The van der Waals surface area contributed by atoms with E-state index in [1.807, 2.05) is 17.0 Å². The second kappa shape index (κ2) is 8.63. The van der Waals surface area contributed by atoms with E-state index in [1.165, 1.54) is 25.7 Å². The lowest BCUT2D eigenvalue weighted by molar-refractivity contribution is 0.0612. The summed E-state index contributed by atoms with van der Waals surface area (Å²) in [4.78, 5) is 21.6. The largest absolute Gasteiger partial charge is 0.383 e. The summed E-state index contributed by atoms with van der Waals surface area (Å²) < 4.78 is 10.7. The molecule has 0 unspecified atom stereocenters. The van der Waals surface area contributed by atoms with Gasteiger partial charge in [0.25, 0.3) is 5.91 Å². The highest BCUT2D eigenvalue weighted by Crippen LogP contribution is 2.23. The fraction of sp³-hybridized carbons (Fsp3) is 0.684. The van der Waals surface area contributed by atoms with E-state index in [0.717, 1.165) is 25.3 Å². The number of nitrogens with zero attached hydrogens (tertiary/aromatic N) is 3. The first-order chi connectivity index (χ1) is 12.2. The topological polar surface area (TPSA) is 54.9 Å². The standard InChI is InChI=1S/C19H29N3O3/c1-24-14-16-11-17(25-2)13-22(16)19(23)15-7-8-18(20-12-15)21-9-5-3-4-6-10-21/h7-8,12,16-17H,3-6,9-11,13-14H2,1-2H3/t16-,17-/m0/s1. The molecule has 0 saturated carbocycles. The molecule has 1 aromatic heterocycles. The number of aromatic nitrogens is 1. The van der Waals surface area contributed by atoms with Crippen LogP contribution in [0.1, 0.15) is 42.5 Å². The Morgan fingerprint density at radius 1 is 1.20 bits per heavy atom. The summed E-state index contributed by atoms with van der Waals surface area (Å²) in [6.07, 6.45) is 7.63. The Balaban J connectivity index is 1.69. The Morgan fingerprint density at radius 2 is 1.96 bits per heavy atom. The molecule has 3 heterocycles. The van der Waals surface area contributed by atoms with E-state index in [0.29, 0.717) is 18.7 Å². The van der Waals surface area contributed by atoms with Gasteiger partial charge in [-0.2, -0.15) is 0 Å². The summed E-state index contributed by atoms with van der Waals surface area (Å²) in [5, 5.41) is 0. The SMILES string of the molecule is COC[C@@H]1C[C@H](OC)CN1C(=O)c1ccc(N2CCCCCC2)nc1. The molecule has 2 atom stereocenters. The van der Waals surface area contributed by atoms with E-state index in [9.17, 15) is 4.79 Å². The summed E-state index contributed by atoms with van der Waals surface area (Å²) in [6.45, 7) is 3.25. The van der Waals surface area contributed by atoms with E-state index < -0.39 is 0 Å². The minimum Gasteiger partial charge on any atom is -0.383 e. The van der Waals surface area contributed by atoms with Gasteiger partial charge in [0.15, 0.2) is 0 Å². The minimum atomic E-state index is 0.0107. The number of carbonyl (C=O) groups excluding carboxylic acids is 1. The second-order valence-electron chi connectivity index (χ2n) is 6.97. The summed E-state index contributed by atoms with van der Waals surface area (Å²) in [6, 6.07) is 3.94. The summed E-state index contributed by atoms with van der Waals surface area (Å²) >= 11 is 0. The van der Waals surface area contributed by atoms with Gasteiger partial charge in [0.2, 0.25) is 0 Å². The van der Waals surface area contributed by atoms with Crippen LogP contribution in [0.25, 0.3) is 0 Å². The molecule has 2 aliphatic heterocycles. The average Bonchev–Trinajstić information content (AvgIpc) is 2.86. The number of amides is 1. The van der Waals surface area contributed by atoms with E-state index in [-0.39, 0.29) is 18.1 Å². The molecule has 0 spiro atoms. The zero-order valence-corrected chi connectivity index (χ0v) is 15.3. The predicted molar refractivity (Wildman–Crippen MR) is 97.0 cm³/mol. The molecule has 1 amide bonds. The van der Waals surface area contributed by atoms with Gasteiger partial charge in [0.05, 0.1) is 24.3 Å². The first-order valence-corrected chi connectivity index (χ1v) is 9.26. The molecule has 0 N–H and O–H groups in total. The maximum atomic E-state index is 12.9. The Hall–Kier alpha value is -1.66. The first-order valence-electron chi connectivity index (χ1n) is 9.26. The molecule has 0 bridgehead atoms. The Kier molecular flexibility index (Phi) is 6.26. The summed E-state index contributed by atoms with van der Waals surface area (Å²) in [7, 11) is 3.36. The molecule has 3 rings (SSSR count). The average molecular weight is 347 g/mol. The Bertz CT molecular complexity index is 556. The van der Waals surface area contributed by atoms with Crippen LogP contribution in [0, 0.1) is 0 Å². The normalized spacial score (nSPS) is 24.4. The lowest BCUT2D eigenvalue weighted by Gasteiger charge is -2.24. The first kappa shape index (κ1) is 18.1. The second-order valence-corrected chi connectivity index (χ2v) is 6.97. The fourth-order valence-electron chi connectivity index (χ4n) is 3.81. The van der Waals surface area contributed by atoms with Gasteiger partial charge in [-0.05, 0) is 31.4 Å². The van der Waals surface area contributed by atoms with Gasteiger partial charge in [-0.15, -0.1) is 0 Å². The van der Waals surface area contributed by atoms with Gasteiger partial charge in [-0.3, -0.25) is 4.79 Å². The number of hydrogen-bond acceptors (Lipinski definition) is 5. The third-order valence-electron chi connectivity index (χ3n) is 5.25. The van der Waals surface area contributed by atoms with Crippen LogP contribution in [0.3, 0.4) is 0 Å². The van der Waals surface area contributed by atoms with Gasteiger partial charge in [-0.25, -0.2) is 4.98 Å². The van der Waals surface area contributed by atoms with Crippen LogP contribution in [0.5, 0.6) is 0 Å². The maximum absolute atomic E-state index is 12.9. The van der Waals surface area contributed by atoms with Crippen molar-refractivity contribution >= 4 is 11.7 Å². The molecule has 138 valence electrons. The van der Waals surface area contributed by atoms with Gasteiger partial charge in [-0.1, -0.05) is 12.8 Å². The number of pyridine rings is 1. The number of carbonyl (C=O) groups is 1. The number of methoxy groups -OCH3 is 2. The molecule has 1 aromatic rings. The minimum absolute atomic E-state index is 0.0107. The van der Waals surface area contributed by atoms with Gasteiger partial charge in [0, 0.05) is 40.1 Å². The molecule has 25 heavy (non-hydrogen) atoms. The maximum Gasteiger partial charge on any atom is 0.255 e. The van der Waals surface area contributed by atoms with Crippen LogP contribution in [0.15, 0.2) is 18.3 Å². The Labute approximate surface area is 150 Å². The molecular weight excluding hydrogens is 318 g/mol. The third kappa shape index (κ3) is 4.30. The monoisotopic (exact) mass is 347 g/mol. The van der Waals surface area contributed by atoms with Gasteiger partial charge >= 0.3 is 0 Å². The lowest BCUT2D eigenvalue weighted by atomic mass is 10.2. The molecular formula is C19H29N3O3. The van der Waals surface area contributed by atoms with E-state index in [1.54, 1.807) is 20.4 Å². The number of rotatable bonds is 5. The van der Waals surface area contributed by atoms with Gasteiger partial charge < -0.3 is 19.3 Å². The van der Waals surface area contributed by atoms with Crippen molar-refractivity contribution in [3.05, 3.63) is 23.9 Å². The van der Waals surface area contributed by atoms with Crippen LogP contribution >= 0.6 is 0 Å². The zero-order valence-electron chi connectivity index (χ0n) is 15.3. The van der Waals surface area contributed by atoms with Gasteiger partial charge in [0.1, 0.15) is 5.82 Å². The van der Waals surface area contributed by atoms with Crippen molar-refractivity contribution in [3.63, 3.8) is 0 Å². The van der Waals surface area contributed by atoms with E-state index >= 15 is 0 Å². The number of likely N-dealkylation sites (tertiary alicyclic amines) is 1. The molecule has 0 radical (unpaired) electrons. The summed E-state index contributed by atoms with van der Waals surface area (Å²) in [5.41, 5.74) is 0.636. The van der Waals surface area contributed by atoms with Crippen molar-refractivity contribution in [1.82, 2.24) is 9.88 Å². The number of hydrogen-bond donors (Lipinski definition) is 0. The van der Waals surface area contributed by atoms with Crippen LogP contribution in [0.4, 0.5) is 5.82 Å². The molecule has 0 aliphatic carbocycles. The predicted octanol–water partition coefficient (Wildman–Crippen LogP) is 2.34. The lowest BCUT2D eigenvalue weighted by Crippen LogP contribution is -2.38. The number of ether oxygens (including phenoxy) is 2. The van der Waals surface area contributed by atoms with Crippen molar-refractivity contribution in [3.8, 4) is 0 Å². The Morgan fingerprint density at radius 3 is 2.56 bits per heavy atom. The van der Waals surface area contributed by atoms with Crippen LogP contribution in [-0.4, -0.2) is 68.4 Å². The van der Waals surface area contributed by atoms with Crippen LogP contribution in [-0.2, 0) is 9.47 Å². The van der Waals surface area contributed by atoms with Crippen molar-refractivity contribution in [2.24, 2.45) is 0 Å². The highest BCUT2D eigenvalue weighted by atomic mass is 16.5. The van der Waals surface area contributed by atoms with Crippen molar-refractivity contribution in [2.75, 3.05) is 45.4 Å². The smallest absolute Gasteiger partial charge is 0.255 e. The molecule has 2 fully saturated rings. The molecule has 2 saturated heterocycles. The van der Waals surface area contributed by atoms with Crippen molar-refractivity contribution < 1.29 is 14.3 Å². The van der Waals surface area contributed by atoms with Crippen molar-refractivity contribution in [1.29, 1.82) is 0 Å². The molecule has 0 aromatic carbocycles. The quantitative estimate of drug-likeness (QED) is 0.818.